The second-order valence-electron chi connectivity index (χ2n) is 13.5. The van der Waals surface area contributed by atoms with Gasteiger partial charge in [0.05, 0.1) is 0 Å². The molecule has 0 aliphatic heterocycles. The van der Waals surface area contributed by atoms with Crippen molar-refractivity contribution in [2.45, 2.75) is 19.3 Å². The first-order valence-electron chi connectivity index (χ1n) is 16.5. The molecule has 1 aromatic heterocycles. The van der Waals surface area contributed by atoms with Crippen LogP contribution >= 0.6 is 0 Å². The predicted molar refractivity (Wildman–Crippen MR) is 200 cm³/mol. The average molecular weight is 598 g/mol. The highest BCUT2D eigenvalue weighted by Crippen LogP contribution is 2.53. The van der Waals surface area contributed by atoms with E-state index in [-0.39, 0.29) is 5.41 Å². The minimum atomic E-state index is -0.189. The van der Waals surface area contributed by atoms with Gasteiger partial charge in [-0.2, -0.15) is 0 Å². The van der Waals surface area contributed by atoms with E-state index in [4.69, 9.17) is 4.98 Å². The van der Waals surface area contributed by atoms with Crippen LogP contribution in [-0.4, -0.2) is 4.98 Å². The molecule has 8 aromatic carbocycles. The average Bonchev–Trinajstić information content (AvgIpc) is 3.13. The summed E-state index contributed by atoms with van der Waals surface area (Å²) >= 11 is 0. The lowest BCUT2D eigenvalue weighted by molar-refractivity contribution is 0.646. The fourth-order valence-electron chi connectivity index (χ4n) is 8.50. The van der Waals surface area contributed by atoms with Crippen molar-refractivity contribution in [3.63, 3.8) is 0 Å². The molecular formula is C46H31N. The first-order valence-corrected chi connectivity index (χ1v) is 16.5. The Kier molecular flexibility index (Phi) is 5.40. The molecule has 0 fully saturated rings. The Bertz CT molecular complexity index is 2750. The van der Waals surface area contributed by atoms with E-state index >= 15 is 0 Å². The van der Waals surface area contributed by atoms with Gasteiger partial charge in [0.15, 0.2) is 0 Å². The summed E-state index contributed by atoms with van der Waals surface area (Å²) in [5, 5.41) is 12.8. The summed E-state index contributed by atoms with van der Waals surface area (Å²) in [6.07, 6.45) is 4.09. The molecule has 1 aliphatic rings. The lowest BCUT2D eigenvalue weighted by Crippen LogP contribution is -2.24. The van der Waals surface area contributed by atoms with Gasteiger partial charge in [0, 0.05) is 28.8 Å². The fourth-order valence-corrected chi connectivity index (χ4v) is 8.50. The first kappa shape index (κ1) is 26.4. The van der Waals surface area contributed by atoms with Gasteiger partial charge in [0.2, 0.25) is 0 Å². The summed E-state index contributed by atoms with van der Waals surface area (Å²) < 4.78 is 0. The third-order valence-electron chi connectivity index (χ3n) is 10.7. The van der Waals surface area contributed by atoms with Gasteiger partial charge in [-0.3, -0.25) is 4.98 Å². The van der Waals surface area contributed by atoms with Crippen molar-refractivity contribution < 1.29 is 0 Å². The highest BCUT2D eigenvalue weighted by atomic mass is 14.6. The van der Waals surface area contributed by atoms with E-state index in [9.17, 15) is 0 Å². The SMILES string of the molecule is CC1(C)c2cc(-c3cc4c5ccccc5c(-c5ccccc5)cc4c4ccccc34)c3ccccc3c2-c2cncc3cccc1c23. The van der Waals surface area contributed by atoms with Gasteiger partial charge >= 0.3 is 0 Å². The van der Waals surface area contributed by atoms with Crippen LogP contribution in [0.25, 0.3) is 87.2 Å². The van der Waals surface area contributed by atoms with Gasteiger partial charge in [-0.15, -0.1) is 0 Å². The van der Waals surface area contributed by atoms with Crippen molar-refractivity contribution in [1.82, 2.24) is 4.98 Å². The molecule has 0 unspecified atom stereocenters. The molecule has 0 saturated heterocycles. The number of rotatable bonds is 2. The lowest BCUT2D eigenvalue weighted by Gasteiger charge is -2.36. The predicted octanol–water partition coefficient (Wildman–Crippen LogP) is 12.5. The van der Waals surface area contributed by atoms with Crippen molar-refractivity contribution in [1.29, 1.82) is 0 Å². The molecule has 1 aliphatic carbocycles. The maximum absolute atomic E-state index is 4.73. The molecule has 1 heteroatoms. The Morgan fingerprint density at radius 2 is 0.957 bits per heavy atom. The van der Waals surface area contributed by atoms with Crippen molar-refractivity contribution >= 4 is 53.9 Å². The Morgan fingerprint density at radius 1 is 0.404 bits per heavy atom. The van der Waals surface area contributed by atoms with Gasteiger partial charge in [-0.1, -0.05) is 135 Å². The van der Waals surface area contributed by atoms with Crippen molar-refractivity contribution in [3.8, 4) is 33.4 Å². The van der Waals surface area contributed by atoms with Gasteiger partial charge in [0.1, 0.15) is 0 Å². The Hall–Kier alpha value is -5.79. The number of hydrogen-bond acceptors (Lipinski definition) is 1. The van der Waals surface area contributed by atoms with Crippen LogP contribution in [0.4, 0.5) is 0 Å². The monoisotopic (exact) mass is 597 g/mol. The number of aromatic nitrogens is 1. The summed E-state index contributed by atoms with van der Waals surface area (Å²) in [6, 6.07) is 51.7. The van der Waals surface area contributed by atoms with Crippen LogP contribution in [0.15, 0.2) is 152 Å². The number of fused-ring (bicyclic) bond motifs is 9. The largest absolute Gasteiger partial charge is 0.263 e. The van der Waals surface area contributed by atoms with Crippen LogP contribution in [0.3, 0.4) is 0 Å². The van der Waals surface area contributed by atoms with Crippen molar-refractivity contribution in [3.05, 3.63) is 163 Å². The maximum atomic E-state index is 4.73. The van der Waals surface area contributed by atoms with E-state index in [1.54, 1.807) is 0 Å². The van der Waals surface area contributed by atoms with Gasteiger partial charge in [0.25, 0.3) is 0 Å². The first-order chi connectivity index (χ1) is 23.1. The summed E-state index contributed by atoms with van der Waals surface area (Å²) in [7, 11) is 0. The molecular weight excluding hydrogens is 567 g/mol. The number of benzene rings is 8. The normalized spacial score (nSPS) is 13.5. The summed E-state index contributed by atoms with van der Waals surface area (Å²) in [5.41, 5.74) is 10.1. The third-order valence-corrected chi connectivity index (χ3v) is 10.7. The van der Waals surface area contributed by atoms with Crippen LogP contribution in [-0.2, 0) is 5.41 Å². The second-order valence-corrected chi connectivity index (χ2v) is 13.5. The second kappa shape index (κ2) is 9.61. The number of pyridine rings is 1. The molecule has 0 bridgehead atoms. The topological polar surface area (TPSA) is 12.9 Å². The fraction of sp³-hybridized carbons (Fsp3) is 0.0652. The van der Waals surface area contributed by atoms with Crippen molar-refractivity contribution in [2.24, 2.45) is 0 Å². The van der Waals surface area contributed by atoms with Crippen LogP contribution in [0.5, 0.6) is 0 Å². The minimum absolute atomic E-state index is 0.189. The summed E-state index contributed by atoms with van der Waals surface area (Å²) in [6.45, 7) is 4.78. The van der Waals surface area contributed by atoms with Crippen LogP contribution in [0.2, 0.25) is 0 Å². The molecule has 47 heavy (non-hydrogen) atoms. The van der Waals surface area contributed by atoms with Gasteiger partial charge in [-0.25, -0.2) is 0 Å². The van der Waals surface area contributed by atoms with Crippen molar-refractivity contribution in [2.75, 3.05) is 0 Å². The zero-order valence-electron chi connectivity index (χ0n) is 26.4. The molecule has 220 valence electrons. The molecule has 9 aromatic rings. The molecule has 1 heterocycles. The third kappa shape index (κ3) is 3.63. The van der Waals surface area contributed by atoms with E-state index < -0.39 is 0 Å². The summed E-state index contributed by atoms with van der Waals surface area (Å²) in [5.74, 6) is 0. The van der Waals surface area contributed by atoms with E-state index in [1.807, 2.05) is 6.20 Å². The molecule has 1 nitrogen and oxygen atoms in total. The standard InChI is InChI=1S/C46H31N/c1-46(2)42-22-12-15-29-26-47-27-41(44(29)42)45-35-21-11-10-20-34(35)40(25-43(45)46)39-24-38-31-17-7-6-16-30(31)36(28-13-4-3-5-14-28)23-37(38)32-18-8-9-19-33(32)39/h3-27H,1-2H3. The number of hydrogen-bond donors (Lipinski definition) is 0. The zero-order valence-corrected chi connectivity index (χ0v) is 26.4. The van der Waals surface area contributed by atoms with Crippen LogP contribution in [0, 0.1) is 0 Å². The van der Waals surface area contributed by atoms with Crippen LogP contribution < -0.4 is 0 Å². The summed E-state index contributed by atoms with van der Waals surface area (Å²) in [4.78, 5) is 4.73. The molecule has 0 N–H and O–H groups in total. The molecule has 0 saturated carbocycles. The molecule has 10 rings (SSSR count). The smallest absolute Gasteiger partial charge is 0.0353 e. The number of nitrogens with zero attached hydrogens (tertiary/aromatic N) is 1. The van der Waals surface area contributed by atoms with Gasteiger partial charge < -0.3 is 0 Å². The minimum Gasteiger partial charge on any atom is -0.263 e. The maximum Gasteiger partial charge on any atom is 0.0353 e. The lowest BCUT2D eigenvalue weighted by atomic mass is 9.67. The Labute approximate surface area is 273 Å². The van der Waals surface area contributed by atoms with E-state index in [0.717, 1.165) is 0 Å². The van der Waals surface area contributed by atoms with E-state index in [1.165, 1.54) is 98.4 Å². The highest BCUT2D eigenvalue weighted by molar-refractivity contribution is 6.25. The zero-order chi connectivity index (χ0) is 31.3. The quantitative estimate of drug-likeness (QED) is 0.181. The molecule has 0 spiro atoms. The Morgan fingerprint density at radius 3 is 1.66 bits per heavy atom. The van der Waals surface area contributed by atoms with E-state index in [0.29, 0.717) is 0 Å². The van der Waals surface area contributed by atoms with Crippen LogP contribution in [0.1, 0.15) is 25.0 Å². The van der Waals surface area contributed by atoms with Gasteiger partial charge in [-0.05, 0) is 106 Å². The molecule has 0 radical (unpaired) electrons. The van der Waals surface area contributed by atoms with E-state index in [2.05, 4.69) is 160 Å². The molecule has 0 atom stereocenters. The Balaban J connectivity index is 1.36. The highest BCUT2D eigenvalue weighted by Gasteiger charge is 2.35. The molecule has 0 amide bonds.